The lowest BCUT2D eigenvalue weighted by atomic mass is 10.0. The van der Waals surface area contributed by atoms with Gasteiger partial charge in [-0.3, -0.25) is 14.5 Å². The number of halogens is 2. The van der Waals surface area contributed by atoms with E-state index in [-0.39, 0.29) is 42.5 Å². The fourth-order valence-corrected chi connectivity index (χ4v) is 2.07. The average molecular weight is 355 g/mol. The van der Waals surface area contributed by atoms with Crippen molar-refractivity contribution in [3.8, 4) is 0 Å². The first-order valence-electron chi connectivity index (χ1n) is 7.10. The number of amides is 2. The summed E-state index contributed by atoms with van der Waals surface area (Å²) in [7, 11) is 0. The molecule has 0 aromatic heterocycles. The number of nitrogens with one attached hydrogen (secondary N) is 1. The Hall–Kier alpha value is -0.820. The summed E-state index contributed by atoms with van der Waals surface area (Å²) >= 11 is 0. The first-order valence-corrected chi connectivity index (χ1v) is 7.10. The average Bonchev–Trinajstić information content (AvgIpc) is 2.44. The molecule has 1 atom stereocenters. The third kappa shape index (κ3) is 7.45. The van der Waals surface area contributed by atoms with Crippen LogP contribution >= 0.6 is 24.8 Å². The molecule has 1 rings (SSSR count). The largest absolute Gasteiger partial charge is 0.352 e. The molecule has 1 heterocycles. The van der Waals surface area contributed by atoms with E-state index in [0.717, 1.165) is 0 Å². The highest BCUT2D eigenvalue weighted by Gasteiger charge is 2.27. The number of piperazine rings is 1. The zero-order valence-electron chi connectivity index (χ0n) is 13.3. The normalized spacial score (nSPS) is 16.3. The Morgan fingerprint density at radius 3 is 2.23 bits per heavy atom. The van der Waals surface area contributed by atoms with Crippen molar-refractivity contribution in [1.82, 2.24) is 15.1 Å². The molecule has 1 unspecified atom stereocenters. The SMILES string of the molecule is C=CCNC(=O)CN1CCN(C(=O)C(N)C(C)C)CC1.Cl.Cl. The second-order valence-electron chi connectivity index (χ2n) is 5.46. The molecule has 1 saturated heterocycles. The third-order valence-corrected chi connectivity index (χ3v) is 3.50. The van der Waals surface area contributed by atoms with Gasteiger partial charge in [-0.1, -0.05) is 19.9 Å². The van der Waals surface area contributed by atoms with Crippen LogP contribution in [0.15, 0.2) is 12.7 Å². The van der Waals surface area contributed by atoms with Crippen molar-refractivity contribution in [3.63, 3.8) is 0 Å². The van der Waals surface area contributed by atoms with E-state index in [2.05, 4.69) is 11.9 Å². The van der Waals surface area contributed by atoms with Crippen LogP contribution in [0.25, 0.3) is 0 Å². The van der Waals surface area contributed by atoms with Gasteiger partial charge in [0.2, 0.25) is 11.8 Å². The van der Waals surface area contributed by atoms with Crippen molar-refractivity contribution in [3.05, 3.63) is 12.7 Å². The summed E-state index contributed by atoms with van der Waals surface area (Å²) in [5.74, 6) is 0.143. The predicted octanol–water partition coefficient (Wildman–Crippen LogP) is 0.260. The van der Waals surface area contributed by atoms with Crippen LogP contribution in [0.3, 0.4) is 0 Å². The predicted molar refractivity (Wildman–Crippen MR) is 93.5 cm³/mol. The van der Waals surface area contributed by atoms with Crippen LogP contribution in [0.2, 0.25) is 0 Å². The van der Waals surface area contributed by atoms with Gasteiger partial charge in [-0.05, 0) is 5.92 Å². The molecule has 2 amide bonds. The number of hydrogen-bond acceptors (Lipinski definition) is 4. The van der Waals surface area contributed by atoms with Gasteiger partial charge in [-0.15, -0.1) is 31.4 Å². The molecule has 1 aliphatic rings. The maximum absolute atomic E-state index is 12.1. The highest BCUT2D eigenvalue weighted by Crippen LogP contribution is 2.07. The van der Waals surface area contributed by atoms with Gasteiger partial charge in [0.05, 0.1) is 12.6 Å². The van der Waals surface area contributed by atoms with Crippen molar-refractivity contribution in [2.45, 2.75) is 19.9 Å². The van der Waals surface area contributed by atoms with Crippen molar-refractivity contribution in [2.24, 2.45) is 11.7 Å². The molecular formula is C14H28Cl2N4O2. The monoisotopic (exact) mass is 354 g/mol. The lowest BCUT2D eigenvalue weighted by molar-refractivity contribution is -0.135. The first-order chi connectivity index (χ1) is 9.45. The fourth-order valence-electron chi connectivity index (χ4n) is 2.07. The van der Waals surface area contributed by atoms with Gasteiger partial charge >= 0.3 is 0 Å². The smallest absolute Gasteiger partial charge is 0.239 e. The van der Waals surface area contributed by atoms with E-state index < -0.39 is 6.04 Å². The standard InChI is InChI=1S/C14H26N4O2.2ClH/c1-4-5-16-12(19)10-17-6-8-18(9-7-17)14(20)13(15)11(2)3;;/h4,11,13H,1,5-10,15H2,2-3H3,(H,16,19);2*1H. The Kier molecular flexibility index (Phi) is 12.5. The lowest BCUT2D eigenvalue weighted by Gasteiger charge is -2.36. The highest BCUT2D eigenvalue weighted by molar-refractivity contribution is 5.85. The Labute approximate surface area is 145 Å². The molecule has 0 saturated carbocycles. The third-order valence-electron chi connectivity index (χ3n) is 3.50. The summed E-state index contributed by atoms with van der Waals surface area (Å²) < 4.78 is 0. The number of hydrogen-bond donors (Lipinski definition) is 2. The Morgan fingerprint density at radius 1 is 1.23 bits per heavy atom. The van der Waals surface area contributed by atoms with Crippen LogP contribution in [0.4, 0.5) is 0 Å². The van der Waals surface area contributed by atoms with Crippen LogP contribution in [-0.4, -0.2) is 66.9 Å². The van der Waals surface area contributed by atoms with E-state index in [4.69, 9.17) is 5.73 Å². The van der Waals surface area contributed by atoms with E-state index in [0.29, 0.717) is 39.3 Å². The van der Waals surface area contributed by atoms with Gasteiger partial charge in [0.1, 0.15) is 0 Å². The number of carbonyl (C=O) groups is 2. The van der Waals surface area contributed by atoms with Gasteiger partial charge in [0, 0.05) is 32.7 Å². The van der Waals surface area contributed by atoms with Crippen LogP contribution in [0.1, 0.15) is 13.8 Å². The van der Waals surface area contributed by atoms with Crippen molar-refractivity contribution >= 4 is 36.6 Å². The summed E-state index contributed by atoms with van der Waals surface area (Å²) in [6.45, 7) is 11.0. The Morgan fingerprint density at radius 2 is 1.77 bits per heavy atom. The van der Waals surface area contributed by atoms with E-state index in [1.54, 1.807) is 11.0 Å². The zero-order chi connectivity index (χ0) is 15.1. The topological polar surface area (TPSA) is 78.7 Å². The summed E-state index contributed by atoms with van der Waals surface area (Å²) in [5, 5.41) is 2.75. The number of rotatable bonds is 6. The van der Waals surface area contributed by atoms with Crippen molar-refractivity contribution in [1.29, 1.82) is 0 Å². The van der Waals surface area contributed by atoms with Crippen LogP contribution in [0.5, 0.6) is 0 Å². The lowest BCUT2D eigenvalue weighted by Crippen LogP contribution is -2.55. The molecule has 6 nitrogen and oxygen atoms in total. The van der Waals surface area contributed by atoms with Gasteiger partial charge in [0.25, 0.3) is 0 Å². The molecule has 0 aromatic carbocycles. The maximum atomic E-state index is 12.1. The Bertz CT molecular complexity index is 359. The van der Waals surface area contributed by atoms with Gasteiger partial charge in [-0.2, -0.15) is 0 Å². The van der Waals surface area contributed by atoms with E-state index in [1.807, 2.05) is 18.7 Å². The van der Waals surface area contributed by atoms with E-state index in [1.165, 1.54) is 0 Å². The van der Waals surface area contributed by atoms with Gasteiger partial charge in [0.15, 0.2) is 0 Å². The Balaban J connectivity index is 0. The molecule has 1 fully saturated rings. The zero-order valence-corrected chi connectivity index (χ0v) is 14.9. The van der Waals surface area contributed by atoms with E-state index in [9.17, 15) is 9.59 Å². The minimum atomic E-state index is -0.433. The molecule has 3 N–H and O–H groups in total. The van der Waals surface area contributed by atoms with Crippen molar-refractivity contribution in [2.75, 3.05) is 39.3 Å². The van der Waals surface area contributed by atoms with E-state index >= 15 is 0 Å². The summed E-state index contributed by atoms with van der Waals surface area (Å²) in [6, 6.07) is -0.433. The number of carbonyl (C=O) groups excluding carboxylic acids is 2. The number of nitrogens with two attached hydrogens (primary N) is 1. The summed E-state index contributed by atoms with van der Waals surface area (Å²) in [4.78, 5) is 27.5. The van der Waals surface area contributed by atoms with Crippen LogP contribution in [-0.2, 0) is 9.59 Å². The maximum Gasteiger partial charge on any atom is 0.239 e. The first kappa shape index (κ1) is 23.4. The molecule has 0 radical (unpaired) electrons. The summed E-state index contributed by atoms with van der Waals surface area (Å²) in [6.07, 6.45) is 1.65. The molecule has 0 bridgehead atoms. The molecule has 0 aromatic rings. The second-order valence-corrected chi connectivity index (χ2v) is 5.46. The van der Waals surface area contributed by atoms with Crippen LogP contribution in [0, 0.1) is 5.92 Å². The molecular weight excluding hydrogens is 327 g/mol. The molecule has 8 heteroatoms. The molecule has 0 aliphatic carbocycles. The molecule has 1 aliphatic heterocycles. The van der Waals surface area contributed by atoms with Crippen LogP contribution < -0.4 is 11.1 Å². The second kappa shape index (κ2) is 11.7. The quantitative estimate of drug-likeness (QED) is 0.670. The minimum absolute atomic E-state index is 0. The molecule has 0 spiro atoms. The molecule has 130 valence electrons. The number of nitrogens with zero attached hydrogens (tertiary/aromatic N) is 2. The van der Waals surface area contributed by atoms with Crippen molar-refractivity contribution < 1.29 is 9.59 Å². The minimum Gasteiger partial charge on any atom is -0.352 e. The fraction of sp³-hybridized carbons (Fsp3) is 0.714. The van der Waals surface area contributed by atoms with Gasteiger partial charge in [-0.25, -0.2) is 0 Å². The summed E-state index contributed by atoms with van der Waals surface area (Å²) in [5.41, 5.74) is 5.88. The highest BCUT2D eigenvalue weighted by atomic mass is 35.5. The molecule has 22 heavy (non-hydrogen) atoms. The van der Waals surface area contributed by atoms with Gasteiger partial charge < -0.3 is 16.0 Å².